The van der Waals surface area contributed by atoms with Gasteiger partial charge in [0.15, 0.2) is 0 Å². The summed E-state index contributed by atoms with van der Waals surface area (Å²) in [6.07, 6.45) is 4.00. The molecular weight excluding hydrogens is 287 g/mol. The topological polar surface area (TPSA) is 63.8 Å². The summed E-state index contributed by atoms with van der Waals surface area (Å²) in [6.45, 7) is 2.00. The summed E-state index contributed by atoms with van der Waals surface area (Å²) in [4.78, 5) is 8.63. The van der Waals surface area contributed by atoms with Gasteiger partial charge in [-0.15, -0.1) is 24.8 Å². The third kappa shape index (κ3) is 3.65. The smallest absolute Gasteiger partial charge is 0.231 e. The largest absolute Gasteiger partial charge is 0.339 e. The number of hydrogen-bond donors (Lipinski definition) is 1. The van der Waals surface area contributed by atoms with Crippen LogP contribution in [0.3, 0.4) is 0 Å². The van der Waals surface area contributed by atoms with Crippen molar-refractivity contribution in [3.8, 4) is 11.5 Å². The van der Waals surface area contributed by atoms with Crippen molar-refractivity contribution in [1.82, 2.24) is 20.4 Å². The van der Waals surface area contributed by atoms with Crippen molar-refractivity contribution in [1.29, 1.82) is 0 Å². The number of piperidine rings is 1. The second-order valence-corrected chi connectivity index (χ2v) is 4.21. The van der Waals surface area contributed by atoms with E-state index in [9.17, 15) is 0 Å². The van der Waals surface area contributed by atoms with Gasteiger partial charge in [-0.1, -0.05) is 11.2 Å². The lowest BCUT2D eigenvalue weighted by molar-refractivity contribution is 0.322. The Hall–Kier alpha value is -1.17. The van der Waals surface area contributed by atoms with Crippen molar-refractivity contribution in [2.75, 3.05) is 13.1 Å². The van der Waals surface area contributed by atoms with E-state index < -0.39 is 0 Å². The van der Waals surface area contributed by atoms with Gasteiger partial charge in [0.05, 0.1) is 5.92 Å². The van der Waals surface area contributed by atoms with Crippen molar-refractivity contribution in [2.45, 2.75) is 18.8 Å². The highest BCUT2D eigenvalue weighted by Crippen LogP contribution is 2.23. The number of pyridine rings is 1. The molecule has 2 aromatic heterocycles. The van der Waals surface area contributed by atoms with E-state index in [1.165, 1.54) is 0 Å². The average Bonchev–Trinajstić information content (AvgIpc) is 2.90. The van der Waals surface area contributed by atoms with Crippen LogP contribution in [-0.2, 0) is 0 Å². The molecule has 1 atom stereocenters. The summed E-state index contributed by atoms with van der Waals surface area (Å²) < 4.78 is 5.32. The minimum absolute atomic E-state index is 0. The molecular formula is C12H16Cl2N4O. The summed E-state index contributed by atoms with van der Waals surface area (Å²) in [5, 5.41) is 7.32. The summed E-state index contributed by atoms with van der Waals surface area (Å²) in [5.41, 5.74) is 0.756. The molecule has 1 unspecified atom stereocenters. The monoisotopic (exact) mass is 302 g/mol. The van der Waals surface area contributed by atoms with Crippen LogP contribution in [0.25, 0.3) is 11.5 Å². The van der Waals surface area contributed by atoms with Crippen molar-refractivity contribution in [2.24, 2.45) is 0 Å². The first-order valence-corrected chi connectivity index (χ1v) is 5.89. The second kappa shape index (κ2) is 7.43. The zero-order valence-corrected chi connectivity index (χ0v) is 11.9. The molecule has 0 amide bonds. The molecule has 19 heavy (non-hydrogen) atoms. The minimum Gasteiger partial charge on any atom is -0.339 e. The summed E-state index contributed by atoms with van der Waals surface area (Å²) in [6, 6.07) is 5.67. The molecule has 2 aromatic rings. The van der Waals surface area contributed by atoms with Gasteiger partial charge in [0.1, 0.15) is 5.69 Å². The van der Waals surface area contributed by atoms with E-state index in [1.807, 2.05) is 18.2 Å². The Morgan fingerprint density at radius 2 is 2.16 bits per heavy atom. The first kappa shape index (κ1) is 15.9. The highest BCUT2D eigenvalue weighted by molar-refractivity contribution is 5.85. The van der Waals surface area contributed by atoms with Gasteiger partial charge < -0.3 is 9.84 Å². The zero-order valence-electron chi connectivity index (χ0n) is 10.3. The second-order valence-electron chi connectivity index (χ2n) is 4.21. The minimum atomic E-state index is 0. The molecule has 1 N–H and O–H groups in total. The van der Waals surface area contributed by atoms with E-state index in [4.69, 9.17) is 4.52 Å². The predicted octanol–water partition coefficient (Wildman–Crippen LogP) is 2.44. The van der Waals surface area contributed by atoms with Crippen LogP contribution in [0.4, 0.5) is 0 Å². The summed E-state index contributed by atoms with van der Waals surface area (Å²) >= 11 is 0. The molecule has 5 nitrogen and oxygen atoms in total. The summed E-state index contributed by atoms with van der Waals surface area (Å²) in [7, 11) is 0. The van der Waals surface area contributed by atoms with Crippen molar-refractivity contribution in [3.63, 3.8) is 0 Å². The molecule has 0 aliphatic carbocycles. The number of nitrogens with one attached hydrogen (secondary N) is 1. The lowest BCUT2D eigenvalue weighted by atomic mass is 10.00. The third-order valence-electron chi connectivity index (χ3n) is 2.98. The van der Waals surface area contributed by atoms with Crippen LogP contribution < -0.4 is 5.32 Å². The van der Waals surface area contributed by atoms with E-state index >= 15 is 0 Å². The summed E-state index contributed by atoms with van der Waals surface area (Å²) in [5.74, 6) is 1.64. The van der Waals surface area contributed by atoms with Crippen LogP contribution >= 0.6 is 24.8 Å². The molecule has 1 aliphatic rings. The standard InChI is InChI=1S/C12H14N4O.2ClH/c1-2-7-14-10(5-1)11-15-12(17-16-11)9-4-3-6-13-8-9;;/h1-2,5,7,9,13H,3-4,6,8H2;2*1H. The lowest BCUT2D eigenvalue weighted by Crippen LogP contribution is -2.28. The van der Waals surface area contributed by atoms with Crippen LogP contribution in [-0.4, -0.2) is 28.2 Å². The van der Waals surface area contributed by atoms with Crippen molar-refractivity contribution < 1.29 is 4.52 Å². The van der Waals surface area contributed by atoms with E-state index in [0.717, 1.165) is 37.5 Å². The van der Waals surface area contributed by atoms with E-state index in [1.54, 1.807) is 6.20 Å². The molecule has 1 aliphatic heterocycles. The maximum Gasteiger partial charge on any atom is 0.231 e. The number of aromatic nitrogens is 3. The molecule has 3 heterocycles. The molecule has 3 rings (SSSR count). The quantitative estimate of drug-likeness (QED) is 0.923. The SMILES string of the molecule is Cl.Cl.c1ccc(-c2noc(C3CCCNC3)n2)nc1. The fourth-order valence-corrected chi connectivity index (χ4v) is 2.06. The van der Waals surface area contributed by atoms with E-state index in [-0.39, 0.29) is 24.8 Å². The Morgan fingerprint density at radius 3 is 2.84 bits per heavy atom. The Morgan fingerprint density at radius 1 is 1.26 bits per heavy atom. The molecule has 0 aromatic carbocycles. The number of nitrogens with zero attached hydrogens (tertiary/aromatic N) is 3. The van der Waals surface area contributed by atoms with Crippen LogP contribution in [0.2, 0.25) is 0 Å². The zero-order chi connectivity index (χ0) is 11.5. The fraction of sp³-hybridized carbons (Fsp3) is 0.417. The Bertz CT molecular complexity index is 485. The van der Waals surface area contributed by atoms with Crippen molar-refractivity contribution in [3.05, 3.63) is 30.3 Å². The molecule has 1 saturated heterocycles. The molecule has 104 valence electrons. The van der Waals surface area contributed by atoms with E-state index in [2.05, 4.69) is 20.4 Å². The van der Waals surface area contributed by atoms with Gasteiger partial charge >= 0.3 is 0 Å². The van der Waals surface area contributed by atoms with E-state index in [0.29, 0.717) is 11.7 Å². The Kier molecular flexibility index (Phi) is 6.21. The van der Waals surface area contributed by atoms with Gasteiger partial charge in [-0.3, -0.25) is 4.98 Å². The number of rotatable bonds is 2. The Balaban J connectivity index is 0.000000902. The van der Waals surface area contributed by atoms with Gasteiger partial charge in [-0.2, -0.15) is 4.98 Å². The maximum atomic E-state index is 5.32. The van der Waals surface area contributed by atoms with Gasteiger partial charge in [-0.05, 0) is 31.5 Å². The molecule has 7 heteroatoms. The highest BCUT2D eigenvalue weighted by atomic mass is 35.5. The first-order chi connectivity index (χ1) is 8.43. The van der Waals surface area contributed by atoms with Gasteiger partial charge in [0.25, 0.3) is 0 Å². The molecule has 0 radical (unpaired) electrons. The van der Waals surface area contributed by atoms with Gasteiger partial charge in [0, 0.05) is 12.7 Å². The van der Waals surface area contributed by atoms with Crippen molar-refractivity contribution >= 4 is 24.8 Å². The van der Waals surface area contributed by atoms with Crippen LogP contribution in [0.15, 0.2) is 28.9 Å². The average molecular weight is 303 g/mol. The first-order valence-electron chi connectivity index (χ1n) is 5.89. The normalized spacial score (nSPS) is 18.2. The molecule has 0 saturated carbocycles. The molecule has 1 fully saturated rings. The van der Waals surface area contributed by atoms with Gasteiger partial charge in [-0.25, -0.2) is 0 Å². The number of hydrogen-bond acceptors (Lipinski definition) is 5. The molecule has 0 bridgehead atoms. The maximum absolute atomic E-state index is 5.32. The van der Waals surface area contributed by atoms with Gasteiger partial charge in [0.2, 0.25) is 11.7 Å². The predicted molar refractivity (Wildman–Crippen MR) is 76.9 cm³/mol. The van der Waals surface area contributed by atoms with Crippen LogP contribution in [0, 0.1) is 0 Å². The lowest BCUT2D eigenvalue weighted by Gasteiger charge is -2.18. The number of halogens is 2. The highest BCUT2D eigenvalue weighted by Gasteiger charge is 2.21. The fourth-order valence-electron chi connectivity index (χ4n) is 2.06. The van der Waals surface area contributed by atoms with Crippen LogP contribution in [0.1, 0.15) is 24.7 Å². The molecule has 0 spiro atoms. The third-order valence-corrected chi connectivity index (χ3v) is 2.98. The van der Waals surface area contributed by atoms with Crippen LogP contribution in [0.5, 0.6) is 0 Å². The Labute approximate surface area is 124 Å².